The van der Waals surface area contributed by atoms with Gasteiger partial charge in [0.1, 0.15) is 0 Å². The maximum Gasteiger partial charge on any atom is 0.416 e. The largest absolute Gasteiger partial charge is 0.416 e. The predicted octanol–water partition coefficient (Wildman–Crippen LogP) is 3.66. The van der Waals surface area contributed by atoms with Crippen molar-refractivity contribution in [1.82, 2.24) is 0 Å². The Morgan fingerprint density at radius 2 is 1.88 bits per heavy atom. The molecule has 2 aliphatic rings. The quantitative estimate of drug-likeness (QED) is 0.709. The predicted molar refractivity (Wildman–Crippen MR) is 90.8 cm³/mol. The molecule has 0 radical (unpaired) electrons. The molecule has 0 aromatic heterocycles. The van der Waals surface area contributed by atoms with Crippen LogP contribution in [-0.4, -0.2) is 26.3 Å². The molecule has 0 N–H and O–H groups in total. The van der Waals surface area contributed by atoms with E-state index >= 15 is 0 Å². The third-order valence-corrected chi connectivity index (χ3v) is 6.86. The van der Waals surface area contributed by atoms with Crippen LogP contribution in [0.5, 0.6) is 0 Å². The van der Waals surface area contributed by atoms with Crippen molar-refractivity contribution in [2.24, 2.45) is 5.10 Å². The molecule has 25 heavy (non-hydrogen) atoms. The van der Waals surface area contributed by atoms with Crippen molar-refractivity contribution < 1.29 is 22.2 Å². The Morgan fingerprint density at radius 3 is 2.52 bits per heavy atom. The molecule has 1 aromatic rings. The third kappa shape index (κ3) is 2.72. The molecule has 2 aliphatic heterocycles. The van der Waals surface area contributed by atoms with Gasteiger partial charge in [0.05, 0.1) is 17.0 Å². The highest BCUT2D eigenvalue weighted by molar-refractivity contribution is 7.88. The van der Waals surface area contributed by atoms with E-state index in [1.54, 1.807) is 6.92 Å². The highest BCUT2D eigenvalue weighted by atomic mass is 32.2. The summed E-state index contributed by atoms with van der Waals surface area (Å²) in [5, 5.41) is 5.12. The first-order chi connectivity index (χ1) is 11.6. The van der Waals surface area contributed by atoms with Gasteiger partial charge in [-0.25, -0.2) is 0 Å². The summed E-state index contributed by atoms with van der Waals surface area (Å²) in [6.45, 7) is 5.36. The number of benzene rings is 1. The topological polar surface area (TPSA) is 49.7 Å². The number of anilines is 1. The first-order valence-corrected chi connectivity index (χ1v) is 9.00. The summed E-state index contributed by atoms with van der Waals surface area (Å²) in [4.78, 5) is 13.0. The van der Waals surface area contributed by atoms with E-state index in [4.69, 9.17) is 0 Å². The molecular weight excluding hydrogens is 353 g/mol. The Hall–Kier alpha value is -1.96. The first-order valence-electron chi connectivity index (χ1n) is 7.68. The molecule has 0 bridgehead atoms. The van der Waals surface area contributed by atoms with Gasteiger partial charge in [-0.1, -0.05) is 17.2 Å². The highest BCUT2D eigenvalue weighted by Crippen LogP contribution is 2.40. The van der Waals surface area contributed by atoms with Crippen LogP contribution in [0.2, 0.25) is 0 Å². The van der Waals surface area contributed by atoms with Crippen LogP contribution in [0.4, 0.5) is 18.9 Å². The van der Waals surface area contributed by atoms with Crippen molar-refractivity contribution >= 4 is 28.1 Å². The van der Waals surface area contributed by atoms with Gasteiger partial charge in [0.15, 0.2) is 4.75 Å². The smallest absolute Gasteiger partial charge is 0.270 e. The molecule has 0 saturated carbocycles. The SMILES string of the molecule is CC1=NN(c2cccc(C(F)(F)F)c2)C(=O)[C@@]12CC(C)=C(C)C[S@@]2=O. The van der Waals surface area contributed by atoms with E-state index in [2.05, 4.69) is 5.10 Å². The van der Waals surface area contributed by atoms with Crippen molar-refractivity contribution in [2.75, 3.05) is 10.8 Å². The van der Waals surface area contributed by atoms with Crippen LogP contribution in [-0.2, 0) is 21.8 Å². The molecule has 8 heteroatoms. The number of halogens is 3. The van der Waals surface area contributed by atoms with E-state index in [-0.39, 0.29) is 17.9 Å². The summed E-state index contributed by atoms with van der Waals surface area (Å²) in [5.74, 6) is -0.268. The van der Waals surface area contributed by atoms with Crippen molar-refractivity contribution in [1.29, 1.82) is 0 Å². The number of carbonyl (C=O) groups is 1. The summed E-state index contributed by atoms with van der Waals surface area (Å²) >= 11 is 0. The number of hydrogen-bond acceptors (Lipinski definition) is 3. The van der Waals surface area contributed by atoms with Crippen molar-refractivity contribution in [3.63, 3.8) is 0 Å². The van der Waals surface area contributed by atoms with Gasteiger partial charge in [-0.15, -0.1) is 0 Å². The van der Waals surface area contributed by atoms with Gasteiger partial charge in [0, 0.05) is 16.6 Å². The van der Waals surface area contributed by atoms with Gasteiger partial charge >= 0.3 is 6.18 Å². The Bertz CT molecular complexity index is 845. The van der Waals surface area contributed by atoms with E-state index in [9.17, 15) is 22.2 Å². The number of rotatable bonds is 1. The Kier molecular flexibility index (Phi) is 4.14. The molecular formula is C17H17F3N2O2S. The molecule has 1 amide bonds. The summed E-state index contributed by atoms with van der Waals surface area (Å²) in [5.41, 5.74) is 1.48. The molecule has 0 unspecified atom stereocenters. The van der Waals surface area contributed by atoms with Gasteiger partial charge < -0.3 is 0 Å². The number of nitrogens with zero attached hydrogens (tertiary/aromatic N) is 2. The lowest BCUT2D eigenvalue weighted by molar-refractivity contribution is -0.137. The Morgan fingerprint density at radius 1 is 1.20 bits per heavy atom. The van der Waals surface area contributed by atoms with Gasteiger partial charge in [-0.05, 0) is 45.4 Å². The minimum absolute atomic E-state index is 0.0250. The van der Waals surface area contributed by atoms with Gasteiger partial charge in [-0.2, -0.15) is 23.3 Å². The molecule has 0 saturated heterocycles. The number of hydrazone groups is 1. The molecule has 2 heterocycles. The lowest BCUT2D eigenvalue weighted by Crippen LogP contribution is -2.52. The number of alkyl halides is 3. The second kappa shape index (κ2) is 5.79. The van der Waals surface area contributed by atoms with Crippen LogP contribution in [0, 0.1) is 0 Å². The molecule has 0 aliphatic carbocycles. The number of hydrogen-bond donors (Lipinski definition) is 0. The van der Waals surface area contributed by atoms with Crippen LogP contribution < -0.4 is 5.01 Å². The molecule has 2 atom stereocenters. The minimum Gasteiger partial charge on any atom is -0.270 e. The average Bonchev–Trinajstić information content (AvgIpc) is 2.78. The van der Waals surface area contributed by atoms with Crippen molar-refractivity contribution in [3.05, 3.63) is 41.0 Å². The van der Waals surface area contributed by atoms with E-state index in [1.165, 1.54) is 12.1 Å². The molecule has 1 spiro atoms. The van der Waals surface area contributed by atoms with E-state index in [0.29, 0.717) is 5.71 Å². The Balaban J connectivity index is 2.04. The second-order valence-corrected chi connectivity index (χ2v) is 8.08. The fourth-order valence-corrected chi connectivity index (χ4v) is 5.02. The van der Waals surface area contributed by atoms with Gasteiger partial charge in [-0.3, -0.25) is 9.00 Å². The van der Waals surface area contributed by atoms with Crippen LogP contribution in [0.15, 0.2) is 40.5 Å². The summed E-state index contributed by atoms with van der Waals surface area (Å²) < 4.78 is 50.3. The van der Waals surface area contributed by atoms with E-state index in [1.807, 2.05) is 13.8 Å². The molecule has 4 nitrogen and oxygen atoms in total. The lowest BCUT2D eigenvalue weighted by atomic mass is 9.92. The second-order valence-electron chi connectivity index (χ2n) is 6.40. The zero-order valence-corrected chi connectivity index (χ0v) is 14.8. The minimum atomic E-state index is -4.51. The first kappa shape index (κ1) is 17.8. The normalized spacial score (nSPS) is 27.3. The number of allylic oxidation sites excluding steroid dienone is 1. The zero-order valence-electron chi connectivity index (χ0n) is 14.0. The van der Waals surface area contributed by atoms with Gasteiger partial charge in [0.2, 0.25) is 0 Å². The fourth-order valence-electron chi connectivity index (χ4n) is 3.10. The van der Waals surface area contributed by atoms with Crippen molar-refractivity contribution in [3.8, 4) is 0 Å². The summed E-state index contributed by atoms with van der Waals surface area (Å²) in [7, 11) is -1.50. The maximum atomic E-state index is 13.0. The van der Waals surface area contributed by atoms with Crippen LogP contribution in [0.25, 0.3) is 0 Å². The monoisotopic (exact) mass is 370 g/mol. The van der Waals surface area contributed by atoms with E-state index < -0.39 is 33.2 Å². The van der Waals surface area contributed by atoms with Crippen LogP contribution in [0.3, 0.4) is 0 Å². The molecule has 134 valence electrons. The average molecular weight is 370 g/mol. The van der Waals surface area contributed by atoms with Crippen LogP contribution >= 0.6 is 0 Å². The third-order valence-electron chi connectivity index (χ3n) is 4.77. The van der Waals surface area contributed by atoms with E-state index in [0.717, 1.165) is 28.3 Å². The molecule has 0 fully saturated rings. The molecule has 3 rings (SSSR count). The lowest BCUT2D eigenvalue weighted by Gasteiger charge is -2.32. The Labute approximate surface area is 145 Å². The number of carbonyl (C=O) groups excluding carboxylic acids is 1. The summed E-state index contributed by atoms with van der Waals surface area (Å²) in [6, 6.07) is 4.44. The molecule has 1 aromatic carbocycles. The maximum absolute atomic E-state index is 13.0. The van der Waals surface area contributed by atoms with Crippen molar-refractivity contribution in [2.45, 2.75) is 38.1 Å². The van der Waals surface area contributed by atoms with Gasteiger partial charge in [0.25, 0.3) is 5.91 Å². The standard InChI is InChI=1S/C17H17F3N2O2S/c1-10-8-16(25(24)9-11(10)2)12(3)21-22(15(16)23)14-6-4-5-13(7-14)17(18,19)20/h4-7H,8-9H2,1-3H3/t16-,25+/m1/s1. The zero-order chi connectivity index (χ0) is 18.6. The fraction of sp³-hybridized carbons (Fsp3) is 0.412. The number of amides is 1. The van der Waals surface area contributed by atoms with Crippen LogP contribution in [0.1, 0.15) is 32.8 Å². The highest BCUT2D eigenvalue weighted by Gasteiger charge is 2.55. The summed E-state index contributed by atoms with van der Waals surface area (Å²) in [6.07, 6.45) is -4.24.